The van der Waals surface area contributed by atoms with Gasteiger partial charge in [0, 0.05) is 24.2 Å². The van der Waals surface area contributed by atoms with Crippen LogP contribution in [-0.4, -0.2) is 30.2 Å². The molecule has 0 atom stereocenters. The summed E-state index contributed by atoms with van der Waals surface area (Å²) in [6.07, 6.45) is -0.797. The molecule has 2 amide bonds. The lowest BCUT2D eigenvalue weighted by atomic mass is 9.76. The number of rotatable bonds is 6. The Morgan fingerprint density at radius 2 is 1.34 bits per heavy atom. The fraction of sp³-hybridized carbons (Fsp3) is 0.231. The zero-order chi connectivity index (χ0) is 22.4. The SMILES string of the molecule is CC1(c2ccc(NC(=O)OCc3ccccc3)cc2)CN(C(=O)OCc2ccccc2)C1. The Morgan fingerprint density at radius 1 is 0.812 bits per heavy atom. The summed E-state index contributed by atoms with van der Waals surface area (Å²) in [6, 6.07) is 26.8. The molecule has 0 bridgehead atoms. The lowest BCUT2D eigenvalue weighted by Gasteiger charge is -2.47. The van der Waals surface area contributed by atoms with Crippen molar-refractivity contribution >= 4 is 17.9 Å². The monoisotopic (exact) mass is 430 g/mol. The molecule has 3 aromatic rings. The predicted molar refractivity (Wildman–Crippen MR) is 122 cm³/mol. The van der Waals surface area contributed by atoms with Gasteiger partial charge in [-0.1, -0.05) is 79.7 Å². The first-order valence-electron chi connectivity index (χ1n) is 10.6. The van der Waals surface area contributed by atoms with Crippen LogP contribution in [0.1, 0.15) is 23.6 Å². The maximum atomic E-state index is 12.3. The van der Waals surface area contributed by atoms with Gasteiger partial charge in [-0.05, 0) is 28.8 Å². The van der Waals surface area contributed by atoms with Crippen LogP contribution in [0.3, 0.4) is 0 Å². The highest BCUT2D eigenvalue weighted by Gasteiger charge is 2.43. The molecule has 1 saturated heterocycles. The van der Waals surface area contributed by atoms with Gasteiger partial charge in [0.15, 0.2) is 0 Å². The van der Waals surface area contributed by atoms with Gasteiger partial charge in [0.2, 0.25) is 0 Å². The van der Waals surface area contributed by atoms with Crippen LogP contribution in [0.2, 0.25) is 0 Å². The van der Waals surface area contributed by atoms with Gasteiger partial charge >= 0.3 is 12.2 Å². The average Bonchev–Trinajstić information content (AvgIpc) is 2.81. The van der Waals surface area contributed by atoms with Crippen LogP contribution < -0.4 is 5.32 Å². The predicted octanol–water partition coefficient (Wildman–Crippen LogP) is 5.35. The fourth-order valence-electron chi connectivity index (χ4n) is 3.75. The summed E-state index contributed by atoms with van der Waals surface area (Å²) >= 11 is 0. The molecule has 1 N–H and O–H groups in total. The summed E-state index contributed by atoms with van der Waals surface area (Å²) in [5, 5.41) is 2.74. The molecule has 6 nitrogen and oxygen atoms in total. The molecule has 3 aromatic carbocycles. The molecule has 4 rings (SSSR count). The number of amides is 2. The number of hydrogen-bond acceptors (Lipinski definition) is 4. The number of ether oxygens (including phenoxy) is 2. The number of nitrogens with one attached hydrogen (secondary N) is 1. The van der Waals surface area contributed by atoms with Gasteiger partial charge in [-0.25, -0.2) is 9.59 Å². The van der Waals surface area contributed by atoms with Gasteiger partial charge in [-0.15, -0.1) is 0 Å². The average molecular weight is 431 g/mol. The number of carbonyl (C=O) groups is 2. The Morgan fingerprint density at radius 3 is 1.91 bits per heavy atom. The highest BCUT2D eigenvalue weighted by Crippen LogP contribution is 2.35. The number of likely N-dealkylation sites (tertiary alicyclic amines) is 1. The van der Waals surface area contributed by atoms with Crippen molar-refractivity contribution in [3.8, 4) is 0 Å². The third-order valence-electron chi connectivity index (χ3n) is 5.58. The summed E-state index contributed by atoms with van der Waals surface area (Å²) in [5.41, 5.74) is 3.52. The van der Waals surface area contributed by atoms with Crippen molar-refractivity contribution in [2.24, 2.45) is 0 Å². The molecule has 0 aromatic heterocycles. The second-order valence-electron chi connectivity index (χ2n) is 8.22. The first-order valence-corrected chi connectivity index (χ1v) is 10.6. The van der Waals surface area contributed by atoms with Crippen molar-refractivity contribution < 1.29 is 19.1 Å². The Kier molecular flexibility index (Phi) is 6.40. The fourth-order valence-corrected chi connectivity index (χ4v) is 3.75. The molecule has 0 unspecified atom stereocenters. The molecule has 0 radical (unpaired) electrons. The first kappa shape index (κ1) is 21.4. The van der Waals surface area contributed by atoms with Crippen molar-refractivity contribution in [2.75, 3.05) is 18.4 Å². The van der Waals surface area contributed by atoms with Crippen LogP contribution in [0.15, 0.2) is 84.9 Å². The minimum absolute atomic E-state index is 0.141. The zero-order valence-electron chi connectivity index (χ0n) is 18.0. The van der Waals surface area contributed by atoms with Gasteiger partial charge in [-0.2, -0.15) is 0 Å². The van der Waals surface area contributed by atoms with E-state index in [1.54, 1.807) is 4.90 Å². The zero-order valence-corrected chi connectivity index (χ0v) is 18.0. The number of anilines is 1. The van der Waals surface area contributed by atoms with E-state index in [1.807, 2.05) is 84.9 Å². The van der Waals surface area contributed by atoms with Crippen molar-refractivity contribution in [3.63, 3.8) is 0 Å². The number of nitrogens with zero attached hydrogens (tertiary/aromatic N) is 1. The van der Waals surface area contributed by atoms with E-state index in [2.05, 4.69) is 12.2 Å². The van der Waals surface area contributed by atoms with Gasteiger partial charge in [0.25, 0.3) is 0 Å². The van der Waals surface area contributed by atoms with Crippen LogP contribution in [0.5, 0.6) is 0 Å². The maximum absolute atomic E-state index is 12.3. The van der Waals surface area contributed by atoms with Crippen LogP contribution in [-0.2, 0) is 28.1 Å². The van der Waals surface area contributed by atoms with E-state index in [4.69, 9.17) is 9.47 Å². The normalized spacial score (nSPS) is 14.2. The minimum Gasteiger partial charge on any atom is -0.445 e. The standard InChI is InChI=1S/C26H26N2O4/c1-26(18-28(19-26)25(30)32-17-21-10-6-3-7-11-21)22-12-14-23(15-13-22)27-24(29)31-16-20-8-4-2-5-9-20/h2-15H,16-19H2,1H3,(H,27,29). The van der Waals surface area contributed by atoms with Gasteiger partial charge in [-0.3, -0.25) is 5.32 Å². The minimum atomic E-state index is -0.496. The summed E-state index contributed by atoms with van der Waals surface area (Å²) in [6.45, 7) is 3.79. The highest BCUT2D eigenvalue weighted by atomic mass is 16.6. The van der Waals surface area contributed by atoms with Gasteiger partial charge < -0.3 is 14.4 Å². The summed E-state index contributed by atoms with van der Waals surface area (Å²) in [4.78, 5) is 26.0. The topological polar surface area (TPSA) is 67.9 Å². The molecular formula is C26H26N2O4. The summed E-state index contributed by atoms with van der Waals surface area (Å²) in [7, 11) is 0. The van der Waals surface area contributed by atoms with Crippen molar-refractivity contribution in [3.05, 3.63) is 102 Å². The van der Waals surface area contributed by atoms with Gasteiger partial charge in [0.05, 0.1) is 0 Å². The third-order valence-corrected chi connectivity index (χ3v) is 5.58. The van der Waals surface area contributed by atoms with Crippen molar-refractivity contribution in [2.45, 2.75) is 25.6 Å². The second-order valence-corrected chi connectivity index (χ2v) is 8.22. The van der Waals surface area contributed by atoms with E-state index in [-0.39, 0.29) is 24.7 Å². The van der Waals surface area contributed by atoms with E-state index in [0.717, 1.165) is 16.7 Å². The third kappa shape index (κ3) is 5.27. The van der Waals surface area contributed by atoms with Crippen molar-refractivity contribution in [1.82, 2.24) is 4.90 Å². The summed E-state index contributed by atoms with van der Waals surface area (Å²) < 4.78 is 10.7. The second kappa shape index (κ2) is 9.56. The van der Waals surface area contributed by atoms with E-state index in [9.17, 15) is 9.59 Å². The van der Waals surface area contributed by atoms with E-state index in [1.165, 1.54) is 0 Å². The molecule has 164 valence electrons. The molecule has 1 heterocycles. The quantitative estimate of drug-likeness (QED) is 0.573. The van der Waals surface area contributed by atoms with E-state index in [0.29, 0.717) is 18.8 Å². The Bertz CT molecular complexity index is 1050. The van der Waals surface area contributed by atoms with Crippen LogP contribution in [0.4, 0.5) is 15.3 Å². The lowest BCUT2D eigenvalue weighted by molar-refractivity contribution is 0.0395. The number of carbonyl (C=O) groups excluding carboxylic acids is 2. The Balaban J connectivity index is 1.24. The molecule has 6 heteroatoms. The number of hydrogen-bond donors (Lipinski definition) is 1. The molecule has 1 fully saturated rings. The molecule has 1 aliphatic heterocycles. The Hall–Kier alpha value is -3.80. The molecule has 32 heavy (non-hydrogen) atoms. The van der Waals surface area contributed by atoms with Crippen LogP contribution in [0.25, 0.3) is 0 Å². The van der Waals surface area contributed by atoms with Crippen molar-refractivity contribution in [1.29, 1.82) is 0 Å². The molecule has 0 saturated carbocycles. The van der Waals surface area contributed by atoms with Crippen LogP contribution >= 0.6 is 0 Å². The first-order chi connectivity index (χ1) is 15.5. The van der Waals surface area contributed by atoms with E-state index < -0.39 is 6.09 Å². The molecular weight excluding hydrogens is 404 g/mol. The number of benzene rings is 3. The molecule has 0 aliphatic carbocycles. The Labute approximate surface area is 187 Å². The maximum Gasteiger partial charge on any atom is 0.411 e. The smallest absolute Gasteiger partial charge is 0.411 e. The van der Waals surface area contributed by atoms with E-state index >= 15 is 0 Å². The molecule has 1 aliphatic rings. The molecule has 0 spiro atoms. The van der Waals surface area contributed by atoms with Crippen LogP contribution in [0, 0.1) is 0 Å². The lowest BCUT2D eigenvalue weighted by Crippen LogP contribution is -2.59. The highest BCUT2D eigenvalue weighted by molar-refractivity contribution is 5.84. The largest absolute Gasteiger partial charge is 0.445 e. The van der Waals surface area contributed by atoms with Gasteiger partial charge in [0.1, 0.15) is 13.2 Å². The summed E-state index contributed by atoms with van der Waals surface area (Å²) in [5.74, 6) is 0.